The van der Waals surface area contributed by atoms with Gasteiger partial charge in [-0.1, -0.05) is 12.1 Å². The highest BCUT2D eigenvalue weighted by Crippen LogP contribution is 2.22. The lowest BCUT2D eigenvalue weighted by atomic mass is 10.2. The van der Waals surface area contributed by atoms with E-state index in [0.717, 1.165) is 20.4 Å². The molecular weight excluding hydrogens is 324 g/mol. The van der Waals surface area contributed by atoms with Crippen LogP contribution in [0.3, 0.4) is 0 Å². The molecular formula is C14H9BrN2OS. The van der Waals surface area contributed by atoms with E-state index in [9.17, 15) is 4.79 Å². The first-order valence-corrected chi connectivity index (χ1v) is 7.32. The third-order valence-electron chi connectivity index (χ3n) is 2.66. The van der Waals surface area contributed by atoms with Gasteiger partial charge < -0.3 is 0 Å². The number of thiazole rings is 1. The monoisotopic (exact) mass is 332 g/mol. The van der Waals surface area contributed by atoms with Gasteiger partial charge in [0.2, 0.25) is 0 Å². The normalized spacial score (nSPS) is 10.8. The van der Waals surface area contributed by atoms with Gasteiger partial charge in [-0.05, 0) is 40.2 Å². The van der Waals surface area contributed by atoms with Crippen molar-refractivity contribution < 1.29 is 4.79 Å². The highest BCUT2D eigenvalue weighted by molar-refractivity contribution is 9.10. The summed E-state index contributed by atoms with van der Waals surface area (Å²) in [4.78, 5) is 20.7. The molecule has 0 fully saturated rings. The molecule has 3 aromatic rings. The molecule has 0 unspecified atom stereocenters. The number of carbonyl (C=O) groups excluding carboxylic acids is 1. The standard InChI is InChI=1S/C14H9BrN2OS/c15-9-5-6-10(16-8-9)7-12(18)14-17-11-3-1-2-4-13(11)19-14/h1-6,8H,7H2. The van der Waals surface area contributed by atoms with Gasteiger partial charge in [0.15, 0.2) is 10.8 Å². The number of para-hydroxylation sites is 1. The zero-order valence-electron chi connectivity index (χ0n) is 9.84. The third-order valence-corrected chi connectivity index (χ3v) is 4.21. The van der Waals surface area contributed by atoms with E-state index in [1.54, 1.807) is 6.20 Å². The second kappa shape index (κ2) is 5.19. The lowest BCUT2D eigenvalue weighted by molar-refractivity contribution is 0.0992. The van der Waals surface area contributed by atoms with Crippen LogP contribution in [0.1, 0.15) is 15.5 Å². The van der Waals surface area contributed by atoms with E-state index < -0.39 is 0 Å². The third kappa shape index (κ3) is 2.72. The molecule has 0 aliphatic heterocycles. The van der Waals surface area contributed by atoms with Crippen LogP contribution in [0.25, 0.3) is 10.2 Å². The van der Waals surface area contributed by atoms with Gasteiger partial charge in [-0.15, -0.1) is 11.3 Å². The molecule has 0 radical (unpaired) electrons. The summed E-state index contributed by atoms with van der Waals surface area (Å²) in [5.74, 6) is 0.0102. The maximum atomic E-state index is 12.2. The van der Waals surface area contributed by atoms with Crippen LogP contribution in [-0.2, 0) is 6.42 Å². The maximum absolute atomic E-state index is 12.2. The van der Waals surface area contributed by atoms with Gasteiger partial charge in [0, 0.05) is 16.4 Å². The summed E-state index contributed by atoms with van der Waals surface area (Å²) in [6.07, 6.45) is 1.98. The van der Waals surface area contributed by atoms with Crippen molar-refractivity contribution in [1.29, 1.82) is 0 Å². The van der Waals surface area contributed by atoms with E-state index in [4.69, 9.17) is 0 Å². The number of fused-ring (bicyclic) bond motifs is 1. The van der Waals surface area contributed by atoms with Gasteiger partial charge >= 0.3 is 0 Å². The van der Waals surface area contributed by atoms with Gasteiger partial charge in [-0.25, -0.2) is 4.98 Å². The molecule has 2 heterocycles. The molecule has 0 aliphatic rings. The Morgan fingerprint density at radius 3 is 2.79 bits per heavy atom. The fraction of sp³-hybridized carbons (Fsp3) is 0.0714. The second-order valence-electron chi connectivity index (χ2n) is 4.05. The molecule has 0 spiro atoms. The molecule has 94 valence electrons. The van der Waals surface area contributed by atoms with E-state index in [1.807, 2.05) is 36.4 Å². The van der Waals surface area contributed by atoms with Crippen molar-refractivity contribution in [2.45, 2.75) is 6.42 Å². The quantitative estimate of drug-likeness (QED) is 0.683. The topological polar surface area (TPSA) is 42.9 Å². The maximum Gasteiger partial charge on any atom is 0.197 e. The van der Waals surface area contributed by atoms with Gasteiger partial charge in [0.25, 0.3) is 0 Å². The number of hydrogen-bond acceptors (Lipinski definition) is 4. The summed E-state index contributed by atoms with van der Waals surface area (Å²) in [5, 5.41) is 0.547. The highest BCUT2D eigenvalue weighted by Gasteiger charge is 2.13. The summed E-state index contributed by atoms with van der Waals surface area (Å²) in [5.41, 5.74) is 1.63. The minimum atomic E-state index is 0.0102. The molecule has 2 aromatic heterocycles. The first-order valence-electron chi connectivity index (χ1n) is 5.71. The van der Waals surface area contributed by atoms with Crippen LogP contribution in [0.4, 0.5) is 0 Å². The molecule has 1 aromatic carbocycles. The summed E-state index contributed by atoms with van der Waals surface area (Å²) in [7, 11) is 0. The lowest BCUT2D eigenvalue weighted by Crippen LogP contribution is -2.04. The van der Waals surface area contributed by atoms with Crippen molar-refractivity contribution in [2.24, 2.45) is 0 Å². The average molecular weight is 333 g/mol. The van der Waals surface area contributed by atoms with Crippen LogP contribution < -0.4 is 0 Å². The average Bonchev–Trinajstić information content (AvgIpc) is 2.85. The first-order chi connectivity index (χ1) is 9.22. The molecule has 0 bridgehead atoms. The van der Waals surface area contributed by atoms with Gasteiger partial charge in [-0.2, -0.15) is 0 Å². The van der Waals surface area contributed by atoms with Crippen LogP contribution in [-0.4, -0.2) is 15.8 Å². The van der Waals surface area contributed by atoms with Crippen LogP contribution in [0.5, 0.6) is 0 Å². The Balaban J connectivity index is 1.85. The van der Waals surface area contributed by atoms with Crippen molar-refractivity contribution in [3.8, 4) is 0 Å². The van der Waals surface area contributed by atoms with Crippen LogP contribution >= 0.6 is 27.3 Å². The zero-order chi connectivity index (χ0) is 13.2. The Kier molecular flexibility index (Phi) is 3.40. The number of Topliss-reactive ketones (excluding diaryl/α,β-unsaturated/α-hetero) is 1. The first kappa shape index (κ1) is 12.4. The fourth-order valence-electron chi connectivity index (χ4n) is 1.74. The number of hydrogen-bond donors (Lipinski definition) is 0. The zero-order valence-corrected chi connectivity index (χ0v) is 12.2. The molecule has 3 rings (SSSR count). The number of rotatable bonds is 3. The number of nitrogens with zero attached hydrogens (tertiary/aromatic N) is 2. The number of pyridine rings is 1. The van der Waals surface area contributed by atoms with Crippen LogP contribution in [0, 0.1) is 0 Å². The molecule has 0 saturated carbocycles. The predicted octanol–water partition coefficient (Wildman–Crippen LogP) is 3.88. The molecule has 0 atom stereocenters. The van der Waals surface area contributed by atoms with Gasteiger partial charge in [-0.3, -0.25) is 9.78 Å². The van der Waals surface area contributed by atoms with Crippen LogP contribution in [0.15, 0.2) is 47.1 Å². The van der Waals surface area contributed by atoms with E-state index >= 15 is 0 Å². The Morgan fingerprint density at radius 2 is 2.05 bits per heavy atom. The number of ketones is 1. The van der Waals surface area contributed by atoms with Gasteiger partial charge in [0.1, 0.15) is 0 Å². The number of aromatic nitrogens is 2. The lowest BCUT2D eigenvalue weighted by Gasteiger charge is -1.97. The summed E-state index contributed by atoms with van der Waals surface area (Å²) in [6, 6.07) is 11.5. The molecule has 0 saturated heterocycles. The molecule has 19 heavy (non-hydrogen) atoms. The van der Waals surface area contributed by atoms with E-state index in [1.165, 1.54) is 11.3 Å². The largest absolute Gasteiger partial charge is 0.291 e. The summed E-state index contributed by atoms with van der Waals surface area (Å²) < 4.78 is 1.94. The Bertz CT molecular complexity index is 704. The Hall–Kier alpha value is -1.59. The SMILES string of the molecule is O=C(Cc1ccc(Br)cn1)c1nc2ccccc2s1. The van der Waals surface area contributed by atoms with Crippen molar-refractivity contribution >= 4 is 43.3 Å². The number of halogens is 1. The minimum absolute atomic E-state index is 0.0102. The minimum Gasteiger partial charge on any atom is -0.291 e. The van der Waals surface area contributed by atoms with Gasteiger partial charge in [0.05, 0.1) is 16.6 Å². The molecule has 0 amide bonds. The highest BCUT2D eigenvalue weighted by atomic mass is 79.9. The summed E-state index contributed by atoms with van der Waals surface area (Å²) in [6.45, 7) is 0. The molecule has 3 nitrogen and oxygen atoms in total. The molecule has 5 heteroatoms. The van der Waals surface area contributed by atoms with Crippen molar-refractivity contribution in [3.05, 3.63) is 57.8 Å². The van der Waals surface area contributed by atoms with Crippen molar-refractivity contribution in [1.82, 2.24) is 9.97 Å². The van der Waals surface area contributed by atoms with Crippen molar-refractivity contribution in [3.63, 3.8) is 0 Å². The van der Waals surface area contributed by atoms with E-state index in [-0.39, 0.29) is 12.2 Å². The smallest absolute Gasteiger partial charge is 0.197 e. The Labute approximate surface area is 122 Å². The number of benzene rings is 1. The predicted molar refractivity (Wildman–Crippen MR) is 79.6 cm³/mol. The summed E-state index contributed by atoms with van der Waals surface area (Å²) >= 11 is 4.75. The molecule has 0 aliphatic carbocycles. The fourth-order valence-corrected chi connectivity index (χ4v) is 2.88. The van der Waals surface area contributed by atoms with Crippen molar-refractivity contribution in [2.75, 3.05) is 0 Å². The van der Waals surface area contributed by atoms with Crippen LogP contribution in [0.2, 0.25) is 0 Å². The Morgan fingerprint density at radius 1 is 1.21 bits per heavy atom. The molecule has 0 N–H and O–H groups in total. The van der Waals surface area contributed by atoms with E-state index in [0.29, 0.717) is 5.01 Å². The van der Waals surface area contributed by atoms with E-state index in [2.05, 4.69) is 25.9 Å². The number of carbonyl (C=O) groups is 1. The second-order valence-corrected chi connectivity index (χ2v) is 6.00.